The monoisotopic (exact) mass is 195 g/mol. The molecule has 14 heavy (non-hydrogen) atoms. The number of rotatable bonds is 5. The highest BCUT2D eigenvalue weighted by Crippen LogP contribution is 2.04. The normalized spacial score (nSPS) is 12.5. The quantitative estimate of drug-likeness (QED) is 0.744. The minimum absolute atomic E-state index is 0.222. The topological polar surface area (TPSA) is 58.0 Å². The van der Waals surface area contributed by atoms with Crippen LogP contribution in [0.5, 0.6) is 0 Å². The van der Waals surface area contributed by atoms with Crippen LogP contribution in [-0.4, -0.2) is 28.0 Å². The summed E-state index contributed by atoms with van der Waals surface area (Å²) in [6.45, 7) is 4.67. The van der Waals surface area contributed by atoms with Crippen molar-refractivity contribution in [3.05, 3.63) is 17.8 Å². The Hall–Kier alpha value is -1.16. The molecule has 4 nitrogen and oxygen atoms in total. The maximum absolute atomic E-state index is 9.31. The summed E-state index contributed by atoms with van der Waals surface area (Å²) in [5.41, 5.74) is 1.08. The third-order valence-corrected chi connectivity index (χ3v) is 2.05. The molecular formula is C10H17N3O. The lowest BCUT2D eigenvalue weighted by Crippen LogP contribution is -2.13. The second-order valence-electron chi connectivity index (χ2n) is 3.40. The molecule has 0 fully saturated rings. The van der Waals surface area contributed by atoms with Crippen molar-refractivity contribution in [3.8, 4) is 0 Å². The fourth-order valence-electron chi connectivity index (χ4n) is 1.12. The van der Waals surface area contributed by atoms with Gasteiger partial charge in [0.15, 0.2) is 0 Å². The van der Waals surface area contributed by atoms with E-state index in [-0.39, 0.29) is 6.10 Å². The molecule has 1 aromatic rings. The summed E-state index contributed by atoms with van der Waals surface area (Å²) in [6.07, 6.45) is 3.03. The van der Waals surface area contributed by atoms with E-state index in [1.807, 2.05) is 19.9 Å². The van der Waals surface area contributed by atoms with Crippen LogP contribution in [0.1, 0.15) is 25.3 Å². The molecule has 78 valence electrons. The molecule has 2 N–H and O–H groups in total. The molecule has 0 spiro atoms. The highest BCUT2D eigenvalue weighted by atomic mass is 16.3. The Balaban J connectivity index is 2.31. The number of aryl methyl sites for hydroxylation is 1. The van der Waals surface area contributed by atoms with E-state index < -0.39 is 0 Å². The molecule has 0 aliphatic rings. The SMILES string of the molecule is CCC(O)CCNc1cc(C)cnn1. The van der Waals surface area contributed by atoms with Crippen LogP contribution in [0.4, 0.5) is 5.82 Å². The Kier molecular flexibility index (Phi) is 4.32. The molecule has 4 heteroatoms. The average Bonchev–Trinajstić information content (AvgIpc) is 2.17. The van der Waals surface area contributed by atoms with Crippen molar-refractivity contribution < 1.29 is 5.11 Å². The number of nitrogens with zero attached hydrogens (tertiary/aromatic N) is 2. The Labute approximate surface area is 84.4 Å². The van der Waals surface area contributed by atoms with Gasteiger partial charge >= 0.3 is 0 Å². The van der Waals surface area contributed by atoms with E-state index in [1.54, 1.807) is 6.20 Å². The van der Waals surface area contributed by atoms with Crippen molar-refractivity contribution in [1.82, 2.24) is 10.2 Å². The van der Waals surface area contributed by atoms with Gasteiger partial charge in [-0.3, -0.25) is 0 Å². The van der Waals surface area contributed by atoms with Gasteiger partial charge in [-0.15, -0.1) is 5.10 Å². The molecule has 1 atom stereocenters. The summed E-state index contributed by atoms with van der Waals surface area (Å²) < 4.78 is 0. The number of aliphatic hydroxyl groups excluding tert-OH is 1. The first kappa shape index (κ1) is 10.9. The Morgan fingerprint density at radius 2 is 2.36 bits per heavy atom. The zero-order valence-corrected chi connectivity index (χ0v) is 8.70. The lowest BCUT2D eigenvalue weighted by Gasteiger charge is -2.08. The fraction of sp³-hybridized carbons (Fsp3) is 0.600. The van der Waals surface area contributed by atoms with E-state index in [0.29, 0.717) is 0 Å². The van der Waals surface area contributed by atoms with Gasteiger partial charge in [0.1, 0.15) is 5.82 Å². The van der Waals surface area contributed by atoms with E-state index in [2.05, 4.69) is 15.5 Å². The second kappa shape index (κ2) is 5.54. The number of nitrogens with one attached hydrogen (secondary N) is 1. The van der Waals surface area contributed by atoms with E-state index >= 15 is 0 Å². The molecule has 1 unspecified atom stereocenters. The molecular weight excluding hydrogens is 178 g/mol. The summed E-state index contributed by atoms with van der Waals surface area (Å²) in [7, 11) is 0. The van der Waals surface area contributed by atoms with Crippen molar-refractivity contribution in [1.29, 1.82) is 0 Å². The molecule has 0 saturated heterocycles. The zero-order chi connectivity index (χ0) is 10.4. The molecule has 0 aromatic carbocycles. The zero-order valence-electron chi connectivity index (χ0n) is 8.70. The van der Waals surface area contributed by atoms with E-state index in [4.69, 9.17) is 0 Å². The Morgan fingerprint density at radius 1 is 1.57 bits per heavy atom. The number of aromatic nitrogens is 2. The molecule has 0 aliphatic carbocycles. The van der Waals surface area contributed by atoms with Crippen molar-refractivity contribution in [2.45, 2.75) is 32.8 Å². The molecule has 1 aromatic heterocycles. The standard InChI is InChI=1S/C10H17N3O/c1-3-9(14)4-5-11-10-6-8(2)7-12-13-10/h6-7,9,14H,3-5H2,1-2H3,(H,11,13). The minimum Gasteiger partial charge on any atom is -0.393 e. The van der Waals surface area contributed by atoms with Crippen LogP contribution < -0.4 is 5.32 Å². The van der Waals surface area contributed by atoms with Gasteiger partial charge < -0.3 is 10.4 Å². The van der Waals surface area contributed by atoms with Crippen LogP contribution in [0.2, 0.25) is 0 Å². The van der Waals surface area contributed by atoms with Crippen LogP contribution in [0.15, 0.2) is 12.3 Å². The van der Waals surface area contributed by atoms with Crippen molar-refractivity contribution in [2.75, 3.05) is 11.9 Å². The average molecular weight is 195 g/mol. The Morgan fingerprint density at radius 3 is 3.00 bits per heavy atom. The van der Waals surface area contributed by atoms with Gasteiger partial charge in [-0.05, 0) is 31.4 Å². The van der Waals surface area contributed by atoms with Crippen LogP contribution >= 0.6 is 0 Å². The van der Waals surface area contributed by atoms with Gasteiger partial charge in [-0.2, -0.15) is 5.10 Å². The van der Waals surface area contributed by atoms with Gasteiger partial charge in [0.25, 0.3) is 0 Å². The summed E-state index contributed by atoms with van der Waals surface area (Å²) >= 11 is 0. The maximum atomic E-state index is 9.31. The third kappa shape index (κ3) is 3.70. The molecule has 0 amide bonds. The molecule has 1 rings (SSSR count). The molecule has 0 saturated carbocycles. The smallest absolute Gasteiger partial charge is 0.148 e. The van der Waals surface area contributed by atoms with E-state index in [9.17, 15) is 5.11 Å². The number of hydrogen-bond acceptors (Lipinski definition) is 4. The third-order valence-electron chi connectivity index (χ3n) is 2.05. The number of aliphatic hydroxyl groups is 1. The highest BCUT2D eigenvalue weighted by Gasteiger charge is 2.00. The van der Waals surface area contributed by atoms with E-state index in [1.165, 1.54) is 0 Å². The molecule has 1 heterocycles. The predicted molar refractivity (Wildman–Crippen MR) is 56.2 cm³/mol. The minimum atomic E-state index is -0.222. The maximum Gasteiger partial charge on any atom is 0.148 e. The first-order valence-electron chi connectivity index (χ1n) is 4.93. The predicted octanol–water partition coefficient (Wildman–Crippen LogP) is 1.36. The Bertz CT molecular complexity index is 278. The van der Waals surface area contributed by atoms with E-state index in [0.717, 1.165) is 30.8 Å². The highest BCUT2D eigenvalue weighted by molar-refractivity contribution is 5.34. The van der Waals surface area contributed by atoms with Crippen LogP contribution in [0, 0.1) is 6.92 Å². The van der Waals surface area contributed by atoms with Crippen LogP contribution in [-0.2, 0) is 0 Å². The first-order valence-corrected chi connectivity index (χ1v) is 4.93. The summed E-state index contributed by atoms with van der Waals surface area (Å²) in [5, 5.41) is 20.2. The van der Waals surface area contributed by atoms with Crippen molar-refractivity contribution in [2.24, 2.45) is 0 Å². The molecule has 0 aliphatic heterocycles. The second-order valence-corrected chi connectivity index (χ2v) is 3.40. The van der Waals surface area contributed by atoms with Gasteiger partial charge in [0.2, 0.25) is 0 Å². The van der Waals surface area contributed by atoms with Crippen molar-refractivity contribution >= 4 is 5.82 Å². The number of hydrogen-bond donors (Lipinski definition) is 2. The van der Waals surface area contributed by atoms with Crippen LogP contribution in [0.25, 0.3) is 0 Å². The van der Waals surface area contributed by atoms with Gasteiger partial charge in [-0.1, -0.05) is 6.92 Å². The fourth-order valence-corrected chi connectivity index (χ4v) is 1.12. The largest absolute Gasteiger partial charge is 0.393 e. The lowest BCUT2D eigenvalue weighted by molar-refractivity contribution is 0.164. The molecule has 0 radical (unpaired) electrons. The first-order chi connectivity index (χ1) is 6.72. The lowest BCUT2D eigenvalue weighted by atomic mass is 10.2. The van der Waals surface area contributed by atoms with Crippen molar-refractivity contribution in [3.63, 3.8) is 0 Å². The van der Waals surface area contributed by atoms with Gasteiger partial charge in [0.05, 0.1) is 12.3 Å². The number of anilines is 1. The van der Waals surface area contributed by atoms with Crippen LogP contribution in [0.3, 0.4) is 0 Å². The summed E-state index contributed by atoms with van der Waals surface area (Å²) in [4.78, 5) is 0. The summed E-state index contributed by atoms with van der Waals surface area (Å²) in [5.74, 6) is 0.772. The van der Waals surface area contributed by atoms with Gasteiger partial charge in [-0.25, -0.2) is 0 Å². The van der Waals surface area contributed by atoms with Gasteiger partial charge in [0, 0.05) is 6.54 Å². The summed E-state index contributed by atoms with van der Waals surface area (Å²) in [6, 6.07) is 1.94. The molecule has 0 bridgehead atoms.